The molecule has 4 rings (SSSR count). The van der Waals surface area contributed by atoms with Crippen molar-refractivity contribution in [1.82, 2.24) is 14.8 Å². The van der Waals surface area contributed by atoms with Crippen molar-refractivity contribution in [3.8, 4) is 5.75 Å². The molecule has 0 aliphatic carbocycles. The summed E-state index contributed by atoms with van der Waals surface area (Å²) in [6, 6.07) is 21.1. The lowest BCUT2D eigenvalue weighted by Crippen LogP contribution is -2.15. The number of allylic oxidation sites excluding steroid dienone is 1. The van der Waals surface area contributed by atoms with Crippen molar-refractivity contribution in [2.45, 2.75) is 24.7 Å². The first kappa shape index (κ1) is 22.9. The Kier molecular flexibility index (Phi) is 7.32. The van der Waals surface area contributed by atoms with Gasteiger partial charge in [0.1, 0.15) is 5.75 Å². The van der Waals surface area contributed by atoms with Crippen molar-refractivity contribution in [3.63, 3.8) is 0 Å². The maximum atomic E-state index is 12.7. The molecule has 0 aliphatic rings. The number of nitrogens with one attached hydrogen (secondary N) is 1. The van der Waals surface area contributed by atoms with Crippen LogP contribution in [0.15, 0.2) is 84.5 Å². The van der Waals surface area contributed by atoms with Gasteiger partial charge in [-0.05, 0) is 30.5 Å². The Morgan fingerprint density at radius 2 is 1.91 bits per heavy atom. The molecule has 8 heteroatoms. The first-order valence-electron chi connectivity index (χ1n) is 10.4. The fourth-order valence-corrected chi connectivity index (χ4v) is 4.38. The molecular weight excluding hydrogens is 456 g/mol. The highest BCUT2D eigenvalue weighted by Crippen LogP contribution is 2.30. The van der Waals surface area contributed by atoms with E-state index in [0.29, 0.717) is 28.3 Å². The van der Waals surface area contributed by atoms with Gasteiger partial charge in [-0.15, -0.1) is 16.8 Å². The lowest BCUT2D eigenvalue weighted by Gasteiger charge is -2.16. The number of carbonyl (C=O) groups excluding carboxylic acids is 1. The van der Waals surface area contributed by atoms with E-state index in [1.54, 1.807) is 18.2 Å². The zero-order valence-electron chi connectivity index (χ0n) is 18.1. The third kappa shape index (κ3) is 5.38. The van der Waals surface area contributed by atoms with Gasteiger partial charge in [-0.25, -0.2) is 0 Å². The van der Waals surface area contributed by atoms with Crippen LogP contribution in [0.3, 0.4) is 0 Å². The van der Waals surface area contributed by atoms with Crippen LogP contribution in [0.4, 0.5) is 5.69 Å². The largest absolute Gasteiger partial charge is 0.481 e. The fraction of sp³-hybridized carbons (Fsp3) is 0.160. The van der Waals surface area contributed by atoms with E-state index in [-0.39, 0.29) is 11.7 Å². The monoisotopic (exact) mass is 478 g/mol. The van der Waals surface area contributed by atoms with Crippen LogP contribution in [0, 0.1) is 0 Å². The van der Waals surface area contributed by atoms with Gasteiger partial charge >= 0.3 is 0 Å². The lowest BCUT2D eigenvalue weighted by atomic mass is 10.1. The maximum absolute atomic E-state index is 12.7. The number of thioether (sulfide) groups is 1. The van der Waals surface area contributed by atoms with Crippen LogP contribution in [0.5, 0.6) is 5.75 Å². The van der Waals surface area contributed by atoms with Gasteiger partial charge in [-0.3, -0.25) is 9.36 Å². The van der Waals surface area contributed by atoms with Crippen LogP contribution in [0.1, 0.15) is 18.9 Å². The van der Waals surface area contributed by atoms with Crippen LogP contribution in [0.25, 0.3) is 10.8 Å². The second-order valence-electron chi connectivity index (χ2n) is 7.29. The Balaban J connectivity index is 1.45. The highest BCUT2D eigenvalue weighted by molar-refractivity contribution is 7.99. The number of hydrogen-bond donors (Lipinski definition) is 1. The molecule has 33 heavy (non-hydrogen) atoms. The number of amides is 1. The van der Waals surface area contributed by atoms with Crippen molar-refractivity contribution in [2.75, 3.05) is 11.1 Å². The minimum absolute atomic E-state index is 0.119. The number of fused-ring (bicyclic) bond motifs is 1. The highest BCUT2D eigenvalue weighted by Gasteiger charge is 2.20. The van der Waals surface area contributed by atoms with Crippen molar-refractivity contribution in [3.05, 3.63) is 90.2 Å². The number of rotatable bonds is 9. The molecular formula is C25H23ClN4O2S. The Morgan fingerprint density at radius 1 is 1.15 bits per heavy atom. The van der Waals surface area contributed by atoms with Gasteiger partial charge in [-0.1, -0.05) is 78.0 Å². The topological polar surface area (TPSA) is 69.0 Å². The van der Waals surface area contributed by atoms with E-state index in [1.165, 1.54) is 11.8 Å². The normalized spacial score (nSPS) is 11.8. The first-order chi connectivity index (χ1) is 16.1. The summed E-state index contributed by atoms with van der Waals surface area (Å²) in [6.45, 7) is 6.20. The van der Waals surface area contributed by atoms with Crippen molar-refractivity contribution in [2.24, 2.45) is 0 Å². The number of anilines is 1. The molecule has 168 valence electrons. The number of halogens is 1. The molecule has 0 spiro atoms. The predicted molar refractivity (Wildman–Crippen MR) is 134 cm³/mol. The van der Waals surface area contributed by atoms with E-state index in [2.05, 4.69) is 22.1 Å². The summed E-state index contributed by atoms with van der Waals surface area (Å²) in [5, 5.41) is 14.8. The average molecular weight is 479 g/mol. The van der Waals surface area contributed by atoms with Crippen LogP contribution >= 0.6 is 23.4 Å². The number of para-hydroxylation sites is 1. The van der Waals surface area contributed by atoms with Crippen molar-refractivity contribution >= 4 is 45.7 Å². The van der Waals surface area contributed by atoms with Crippen LogP contribution in [0.2, 0.25) is 5.02 Å². The summed E-state index contributed by atoms with van der Waals surface area (Å²) in [5.41, 5.74) is 0.786. The summed E-state index contributed by atoms with van der Waals surface area (Å²) in [5.74, 6) is 1.28. The average Bonchev–Trinajstić information content (AvgIpc) is 3.22. The van der Waals surface area contributed by atoms with Gasteiger partial charge in [0.25, 0.3) is 0 Å². The molecule has 1 N–H and O–H groups in total. The van der Waals surface area contributed by atoms with E-state index in [9.17, 15) is 4.79 Å². The van der Waals surface area contributed by atoms with Gasteiger partial charge in [0, 0.05) is 17.6 Å². The summed E-state index contributed by atoms with van der Waals surface area (Å²) >= 11 is 7.53. The molecule has 0 bridgehead atoms. The third-order valence-electron chi connectivity index (χ3n) is 4.96. The predicted octanol–water partition coefficient (Wildman–Crippen LogP) is 6.14. The summed E-state index contributed by atoms with van der Waals surface area (Å²) in [6.07, 6.45) is 1.37. The Bertz CT molecular complexity index is 1290. The summed E-state index contributed by atoms with van der Waals surface area (Å²) in [7, 11) is 0. The fourth-order valence-electron chi connectivity index (χ4n) is 3.44. The molecule has 3 aromatic carbocycles. The number of ether oxygens (including phenoxy) is 1. The van der Waals surface area contributed by atoms with E-state index >= 15 is 0 Å². The highest BCUT2D eigenvalue weighted by atomic mass is 35.5. The number of hydrogen-bond acceptors (Lipinski definition) is 5. The molecule has 1 amide bonds. The molecule has 1 unspecified atom stereocenters. The summed E-state index contributed by atoms with van der Waals surface area (Å²) in [4.78, 5) is 12.7. The smallest absolute Gasteiger partial charge is 0.234 e. The van der Waals surface area contributed by atoms with Gasteiger partial charge in [0.15, 0.2) is 17.1 Å². The van der Waals surface area contributed by atoms with E-state index in [4.69, 9.17) is 16.3 Å². The zero-order valence-corrected chi connectivity index (χ0v) is 19.6. The second-order valence-corrected chi connectivity index (χ2v) is 8.64. The minimum Gasteiger partial charge on any atom is -0.481 e. The van der Waals surface area contributed by atoms with Gasteiger partial charge in [0.2, 0.25) is 5.91 Å². The molecule has 0 aliphatic heterocycles. The Hall–Kier alpha value is -3.29. The molecule has 0 saturated carbocycles. The minimum atomic E-state index is -0.392. The second kappa shape index (κ2) is 10.6. The number of aromatic nitrogens is 3. The molecule has 1 atom stereocenters. The Morgan fingerprint density at radius 3 is 2.73 bits per heavy atom. The van der Waals surface area contributed by atoms with Crippen LogP contribution in [-0.4, -0.2) is 26.4 Å². The maximum Gasteiger partial charge on any atom is 0.234 e. The number of carbonyl (C=O) groups is 1. The van der Waals surface area contributed by atoms with Gasteiger partial charge < -0.3 is 10.1 Å². The zero-order chi connectivity index (χ0) is 23.2. The Labute approximate surface area is 201 Å². The van der Waals surface area contributed by atoms with E-state index in [1.807, 2.05) is 66.1 Å². The third-order valence-corrected chi connectivity index (χ3v) is 6.24. The summed E-state index contributed by atoms with van der Waals surface area (Å²) < 4.78 is 7.89. The first-order valence-corrected chi connectivity index (χ1v) is 11.8. The molecule has 0 saturated heterocycles. The van der Waals surface area contributed by atoms with Gasteiger partial charge in [0.05, 0.1) is 10.8 Å². The van der Waals surface area contributed by atoms with Crippen LogP contribution < -0.4 is 10.1 Å². The SMILES string of the molecule is C=CCn1c(SCC(=O)Nc2cccc3ccccc23)nnc1C(C)Oc1ccccc1Cl. The van der Waals surface area contributed by atoms with Crippen molar-refractivity contribution < 1.29 is 9.53 Å². The quantitative estimate of drug-likeness (QED) is 0.231. The molecule has 0 fully saturated rings. The molecule has 0 radical (unpaired) electrons. The van der Waals surface area contributed by atoms with E-state index in [0.717, 1.165) is 16.5 Å². The lowest BCUT2D eigenvalue weighted by molar-refractivity contribution is -0.113. The molecule has 4 aromatic rings. The molecule has 6 nitrogen and oxygen atoms in total. The van der Waals surface area contributed by atoms with E-state index < -0.39 is 6.10 Å². The molecule has 1 heterocycles. The number of benzene rings is 3. The number of nitrogens with zero attached hydrogens (tertiary/aromatic N) is 3. The van der Waals surface area contributed by atoms with Crippen molar-refractivity contribution in [1.29, 1.82) is 0 Å². The van der Waals surface area contributed by atoms with Gasteiger partial charge in [-0.2, -0.15) is 0 Å². The van der Waals surface area contributed by atoms with Crippen LogP contribution in [-0.2, 0) is 11.3 Å². The standard InChI is InChI=1S/C25H23ClN4O2S/c1-3-15-30-24(17(2)32-22-14-7-6-12-20(22)26)28-29-25(30)33-16-23(31)27-21-13-8-10-18-9-4-5-11-19(18)21/h3-14,17H,1,15-16H2,2H3,(H,27,31). The molecule has 1 aromatic heterocycles.